The molecule has 2 fully saturated rings. The predicted octanol–water partition coefficient (Wildman–Crippen LogP) is 2.41. The van der Waals surface area contributed by atoms with Gasteiger partial charge >= 0.3 is 0 Å². The van der Waals surface area contributed by atoms with Crippen molar-refractivity contribution in [3.05, 3.63) is 18.2 Å². The molecule has 0 radical (unpaired) electrons. The Morgan fingerprint density at radius 2 is 2.00 bits per heavy atom. The fourth-order valence-corrected chi connectivity index (χ4v) is 3.79. The van der Waals surface area contributed by atoms with Crippen LogP contribution >= 0.6 is 0 Å². The summed E-state index contributed by atoms with van der Waals surface area (Å²) in [6.45, 7) is 6.56. The molecule has 2 saturated heterocycles. The van der Waals surface area contributed by atoms with Gasteiger partial charge in [0.1, 0.15) is 11.5 Å². The molecular weight excluding hydrogens is 356 g/mol. The number of guanidine groups is 1. The summed E-state index contributed by atoms with van der Waals surface area (Å²) >= 11 is 0. The van der Waals surface area contributed by atoms with Crippen LogP contribution in [0.15, 0.2) is 23.2 Å². The second-order valence-corrected chi connectivity index (χ2v) is 7.33. The van der Waals surface area contributed by atoms with Crippen molar-refractivity contribution in [2.45, 2.75) is 44.8 Å². The Kier molecular flexibility index (Phi) is 7.65. The van der Waals surface area contributed by atoms with Crippen molar-refractivity contribution in [1.29, 1.82) is 0 Å². The number of hydrogen-bond acceptors (Lipinski definition) is 5. The van der Waals surface area contributed by atoms with Gasteiger partial charge in [-0.2, -0.15) is 0 Å². The van der Waals surface area contributed by atoms with E-state index in [1.807, 2.05) is 6.07 Å². The Morgan fingerprint density at radius 1 is 1.21 bits per heavy atom. The molecule has 2 aliphatic rings. The van der Waals surface area contributed by atoms with Crippen LogP contribution in [0.4, 0.5) is 5.69 Å². The molecule has 0 aliphatic carbocycles. The molecule has 28 heavy (non-hydrogen) atoms. The fraction of sp³-hybridized carbons (Fsp3) is 0.667. The molecule has 1 aromatic rings. The number of methoxy groups -OCH3 is 2. The van der Waals surface area contributed by atoms with Gasteiger partial charge in [-0.15, -0.1) is 0 Å². The molecular formula is C21H34N4O3. The smallest absolute Gasteiger partial charge is 0.191 e. The molecule has 2 unspecified atom stereocenters. The Labute approximate surface area is 168 Å². The minimum absolute atomic E-state index is 0.359. The lowest BCUT2D eigenvalue weighted by Crippen LogP contribution is -2.44. The number of ether oxygens (including phenoxy) is 3. The minimum atomic E-state index is 0.359. The molecule has 2 heterocycles. The van der Waals surface area contributed by atoms with Crippen molar-refractivity contribution in [1.82, 2.24) is 10.6 Å². The molecule has 0 amide bonds. The highest BCUT2D eigenvalue weighted by atomic mass is 16.5. The van der Waals surface area contributed by atoms with E-state index >= 15 is 0 Å². The van der Waals surface area contributed by atoms with Gasteiger partial charge in [0, 0.05) is 62.7 Å². The van der Waals surface area contributed by atoms with E-state index in [9.17, 15) is 0 Å². The molecule has 2 N–H and O–H groups in total. The van der Waals surface area contributed by atoms with Crippen LogP contribution in [0.3, 0.4) is 0 Å². The predicted molar refractivity (Wildman–Crippen MR) is 113 cm³/mol. The molecule has 0 aromatic heterocycles. The Balaban J connectivity index is 1.55. The van der Waals surface area contributed by atoms with Crippen LogP contribution in [0.1, 0.15) is 32.6 Å². The third kappa shape index (κ3) is 5.67. The lowest BCUT2D eigenvalue weighted by Gasteiger charge is -2.21. The van der Waals surface area contributed by atoms with Gasteiger partial charge in [0.05, 0.1) is 20.3 Å². The Hall–Kier alpha value is -2.15. The summed E-state index contributed by atoms with van der Waals surface area (Å²) in [7, 11) is 3.37. The van der Waals surface area contributed by atoms with E-state index < -0.39 is 0 Å². The van der Waals surface area contributed by atoms with E-state index in [0.29, 0.717) is 12.1 Å². The molecule has 156 valence electrons. The second-order valence-electron chi connectivity index (χ2n) is 7.33. The van der Waals surface area contributed by atoms with Crippen molar-refractivity contribution in [2.24, 2.45) is 4.99 Å². The maximum Gasteiger partial charge on any atom is 0.191 e. The van der Waals surface area contributed by atoms with E-state index in [4.69, 9.17) is 19.2 Å². The number of anilines is 1. The van der Waals surface area contributed by atoms with E-state index in [0.717, 1.165) is 68.8 Å². The zero-order valence-electron chi connectivity index (χ0n) is 17.4. The first-order valence-corrected chi connectivity index (χ1v) is 10.4. The van der Waals surface area contributed by atoms with Crippen LogP contribution in [-0.4, -0.2) is 65.1 Å². The Bertz CT molecular complexity index is 624. The van der Waals surface area contributed by atoms with Gasteiger partial charge in [-0.1, -0.05) is 0 Å². The van der Waals surface area contributed by atoms with Crippen LogP contribution < -0.4 is 25.0 Å². The summed E-state index contributed by atoms with van der Waals surface area (Å²) in [4.78, 5) is 7.11. The van der Waals surface area contributed by atoms with Crippen molar-refractivity contribution >= 4 is 11.6 Å². The number of rotatable bonds is 8. The van der Waals surface area contributed by atoms with E-state index in [1.165, 1.54) is 12.8 Å². The first-order valence-electron chi connectivity index (χ1n) is 10.4. The monoisotopic (exact) mass is 390 g/mol. The molecule has 0 spiro atoms. The summed E-state index contributed by atoms with van der Waals surface area (Å²) < 4.78 is 16.5. The number of hydrogen-bond donors (Lipinski definition) is 2. The van der Waals surface area contributed by atoms with Crippen molar-refractivity contribution < 1.29 is 14.2 Å². The molecule has 0 saturated carbocycles. The first-order chi connectivity index (χ1) is 13.7. The quantitative estimate of drug-likeness (QED) is 0.525. The van der Waals surface area contributed by atoms with Gasteiger partial charge in [-0.3, -0.25) is 4.99 Å². The van der Waals surface area contributed by atoms with E-state index in [1.54, 1.807) is 14.2 Å². The minimum Gasteiger partial charge on any atom is -0.497 e. The normalized spacial score (nSPS) is 22.4. The average Bonchev–Trinajstić information content (AvgIpc) is 3.40. The third-order valence-corrected chi connectivity index (χ3v) is 5.32. The molecule has 2 atom stereocenters. The van der Waals surface area contributed by atoms with E-state index in [2.05, 4.69) is 34.6 Å². The van der Waals surface area contributed by atoms with Crippen LogP contribution in [0.25, 0.3) is 0 Å². The lowest BCUT2D eigenvalue weighted by atomic mass is 10.2. The van der Waals surface area contributed by atoms with Gasteiger partial charge in [-0.25, -0.2) is 0 Å². The molecule has 7 nitrogen and oxygen atoms in total. The largest absolute Gasteiger partial charge is 0.497 e. The topological polar surface area (TPSA) is 67.4 Å². The lowest BCUT2D eigenvalue weighted by molar-refractivity contribution is 0.106. The van der Waals surface area contributed by atoms with Crippen LogP contribution in [0.2, 0.25) is 0 Å². The van der Waals surface area contributed by atoms with Gasteiger partial charge in [-0.05, 0) is 32.6 Å². The summed E-state index contributed by atoms with van der Waals surface area (Å²) in [5.74, 6) is 2.53. The molecule has 2 aliphatic heterocycles. The number of nitrogens with one attached hydrogen (secondary N) is 2. The summed E-state index contributed by atoms with van der Waals surface area (Å²) in [6, 6.07) is 6.38. The van der Waals surface area contributed by atoms with Gasteiger partial charge < -0.3 is 29.7 Å². The number of aliphatic imine (C=N–C) groups is 1. The molecule has 0 bridgehead atoms. The zero-order valence-corrected chi connectivity index (χ0v) is 17.4. The summed E-state index contributed by atoms with van der Waals surface area (Å²) in [5, 5.41) is 6.96. The highest BCUT2D eigenvalue weighted by Crippen LogP contribution is 2.30. The maximum absolute atomic E-state index is 5.69. The fourth-order valence-electron chi connectivity index (χ4n) is 3.79. The van der Waals surface area contributed by atoms with Gasteiger partial charge in [0.2, 0.25) is 0 Å². The first kappa shape index (κ1) is 20.6. The van der Waals surface area contributed by atoms with Gasteiger partial charge in [0.15, 0.2) is 5.96 Å². The summed E-state index contributed by atoms with van der Waals surface area (Å²) in [5.41, 5.74) is 1.13. The number of benzene rings is 1. The van der Waals surface area contributed by atoms with Gasteiger partial charge in [0.25, 0.3) is 0 Å². The van der Waals surface area contributed by atoms with Crippen LogP contribution in [0, 0.1) is 0 Å². The highest BCUT2D eigenvalue weighted by Gasteiger charge is 2.24. The van der Waals surface area contributed by atoms with Crippen molar-refractivity contribution in [3.63, 3.8) is 0 Å². The average molecular weight is 391 g/mol. The molecule has 7 heteroatoms. The third-order valence-electron chi connectivity index (χ3n) is 5.32. The number of nitrogens with zero attached hydrogens (tertiary/aromatic N) is 2. The molecule has 1 aromatic carbocycles. The van der Waals surface area contributed by atoms with Crippen molar-refractivity contribution in [3.8, 4) is 11.5 Å². The van der Waals surface area contributed by atoms with Crippen LogP contribution in [-0.2, 0) is 4.74 Å². The molecule has 3 rings (SSSR count). The highest BCUT2D eigenvalue weighted by molar-refractivity contribution is 5.80. The SMILES string of the molecule is CCNC(=NCCC1CCCO1)NC1CCN(c2cc(OC)cc(OC)c2)C1. The van der Waals surface area contributed by atoms with Crippen LogP contribution in [0.5, 0.6) is 11.5 Å². The second kappa shape index (κ2) is 10.4. The summed E-state index contributed by atoms with van der Waals surface area (Å²) in [6.07, 6.45) is 4.80. The standard InChI is InChI=1S/C21H34N4O3/c1-4-22-21(23-9-7-18-6-5-11-28-18)24-16-8-10-25(15-16)17-12-19(26-2)14-20(13-17)27-3/h12-14,16,18H,4-11,15H2,1-3H3,(H2,22,23,24). The Morgan fingerprint density at radius 3 is 2.64 bits per heavy atom. The van der Waals surface area contributed by atoms with Crippen molar-refractivity contribution in [2.75, 3.05) is 51.9 Å². The van der Waals surface area contributed by atoms with E-state index in [-0.39, 0.29) is 0 Å². The zero-order chi connectivity index (χ0) is 19.8. The maximum atomic E-state index is 5.69.